The maximum absolute atomic E-state index is 11.4. The third-order valence-corrected chi connectivity index (χ3v) is 1.95. The van der Waals surface area contributed by atoms with Crippen molar-refractivity contribution in [3.8, 4) is 0 Å². The van der Waals surface area contributed by atoms with Gasteiger partial charge in [-0.15, -0.1) is 0 Å². The summed E-state index contributed by atoms with van der Waals surface area (Å²) in [6, 6.07) is 0. The van der Waals surface area contributed by atoms with Crippen molar-refractivity contribution in [2.45, 2.75) is 20.0 Å². The fourth-order valence-electron chi connectivity index (χ4n) is 1.18. The van der Waals surface area contributed by atoms with Crippen molar-refractivity contribution in [2.75, 3.05) is 40.0 Å². The van der Waals surface area contributed by atoms with Crippen LogP contribution in [0.5, 0.6) is 0 Å². The standard InChI is InChI=1S/C10H21NO4/c1-4-11(10(13)8-14-3)6-9(12)7-15-5-2/h9,12H,4-8H2,1-3H3. The van der Waals surface area contributed by atoms with Gasteiger partial charge < -0.3 is 19.5 Å². The average molecular weight is 219 g/mol. The number of methoxy groups -OCH3 is 1. The quantitative estimate of drug-likeness (QED) is 0.618. The van der Waals surface area contributed by atoms with E-state index in [1.807, 2.05) is 13.8 Å². The molecule has 0 spiro atoms. The zero-order valence-corrected chi connectivity index (χ0v) is 9.73. The first-order chi connectivity index (χ1) is 7.15. The van der Waals surface area contributed by atoms with E-state index < -0.39 is 6.10 Å². The third-order valence-electron chi connectivity index (χ3n) is 1.95. The van der Waals surface area contributed by atoms with Crippen molar-refractivity contribution in [2.24, 2.45) is 0 Å². The van der Waals surface area contributed by atoms with Crippen LogP contribution in [-0.2, 0) is 14.3 Å². The molecule has 0 aliphatic rings. The normalized spacial score (nSPS) is 12.5. The lowest BCUT2D eigenvalue weighted by Crippen LogP contribution is -2.40. The van der Waals surface area contributed by atoms with Gasteiger partial charge in [-0.2, -0.15) is 0 Å². The predicted molar refractivity (Wildman–Crippen MR) is 56.6 cm³/mol. The Morgan fingerprint density at radius 1 is 1.47 bits per heavy atom. The SMILES string of the molecule is CCOCC(O)CN(CC)C(=O)COC. The second kappa shape index (κ2) is 8.64. The number of amides is 1. The summed E-state index contributed by atoms with van der Waals surface area (Å²) in [5.74, 6) is -0.115. The molecule has 0 aromatic carbocycles. The lowest BCUT2D eigenvalue weighted by molar-refractivity contribution is -0.136. The summed E-state index contributed by atoms with van der Waals surface area (Å²) >= 11 is 0. The van der Waals surface area contributed by atoms with Gasteiger partial charge in [0.1, 0.15) is 6.61 Å². The van der Waals surface area contributed by atoms with Gasteiger partial charge in [-0.05, 0) is 13.8 Å². The molecular formula is C10H21NO4. The molecule has 15 heavy (non-hydrogen) atoms. The zero-order chi connectivity index (χ0) is 11.7. The number of hydrogen-bond donors (Lipinski definition) is 1. The van der Waals surface area contributed by atoms with E-state index in [-0.39, 0.29) is 19.1 Å². The minimum atomic E-state index is -0.634. The van der Waals surface area contributed by atoms with E-state index in [9.17, 15) is 9.90 Å². The fraction of sp³-hybridized carbons (Fsp3) is 0.900. The molecule has 1 N–H and O–H groups in total. The van der Waals surface area contributed by atoms with Crippen molar-refractivity contribution in [3.05, 3.63) is 0 Å². The Morgan fingerprint density at radius 2 is 2.13 bits per heavy atom. The van der Waals surface area contributed by atoms with Crippen LogP contribution in [0.3, 0.4) is 0 Å². The van der Waals surface area contributed by atoms with E-state index in [1.165, 1.54) is 7.11 Å². The highest BCUT2D eigenvalue weighted by Crippen LogP contribution is 1.95. The fourth-order valence-corrected chi connectivity index (χ4v) is 1.18. The average Bonchev–Trinajstić information content (AvgIpc) is 2.23. The molecule has 1 unspecified atom stereocenters. The molecule has 90 valence electrons. The molecule has 0 heterocycles. The summed E-state index contributed by atoms with van der Waals surface area (Å²) in [6.45, 7) is 5.45. The molecule has 0 aliphatic carbocycles. The summed E-state index contributed by atoms with van der Waals surface area (Å²) < 4.78 is 9.81. The van der Waals surface area contributed by atoms with Crippen LogP contribution < -0.4 is 0 Å². The molecule has 0 saturated carbocycles. The Balaban J connectivity index is 3.91. The number of likely N-dealkylation sites (N-methyl/N-ethyl adjacent to an activating group) is 1. The Bertz CT molecular complexity index is 175. The van der Waals surface area contributed by atoms with Crippen LogP contribution >= 0.6 is 0 Å². The maximum Gasteiger partial charge on any atom is 0.248 e. The first kappa shape index (κ1) is 14.3. The highest BCUT2D eigenvalue weighted by atomic mass is 16.5. The highest BCUT2D eigenvalue weighted by Gasteiger charge is 2.15. The minimum Gasteiger partial charge on any atom is -0.389 e. The van der Waals surface area contributed by atoms with Gasteiger partial charge in [-0.1, -0.05) is 0 Å². The molecule has 5 nitrogen and oxygen atoms in total. The Hall–Kier alpha value is -0.650. The van der Waals surface area contributed by atoms with Gasteiger partial charge >= 0.3 is 0 Å². The van der Waals surface area contributed by atoms with Gasteiger partial charge in [-0.3, -0.25) is 4.79 Å². The Labute approximate surface area is 91.0 Å². The lowest BCUT2D eigenvalue weighted by atomic mass is 10.3. The summed E-state index contributed by atoms with van der Waals surface area (Å²) in [5, 5.41) is 9.54. The van der Waals surface area contributed by atoms with Crippen molar-refractivity contribution in [3.63, 3.8) is 0 Å². The molecule has 1 amide bonds. The molecule has 0 rings (SSSR count). The molecule has 0 fully saturated rings. The topological polar surface area (TPSA) is 59.0 Å². The van der Waals surface area contributed by atoms with Crippen LogP contribution in [-0.4, -0.2) is 62.0 Å². The van der Waals surface area contributed by atoms with Crippen molar-refractivity contribution in [1.29, 1.82) is 0 Å². The number of aliphatic hydroxyl groups excluding tert-OH is 1. The van der Waals surface area contributed by atoms with Crippen molar-refractivity contribution >= 4 is 5.91 Å². The molecule has 0 aromatic heterocycles. The van der Waals surface area contributed by atoms with Gasteiger partial charge in [0.2, 0.25) is 5.91 Å². The van der Waals surface area contributed by atoms with E-state index in [2.05, 4.69) is 0 Å². The molecule has 1 atom stereocenters. The first-order valence-electron chi connectivity index (χ1n) is 5.18. The molecule has 5 heteroatoms. The number of ether oxygens (including phenoxy) is 2. The number of carbonyl (C=O) groups excluding carboxylic acids is 1. The molecule has 0 bridgehead atoms. The maximum atomic E-state index is 11.4. The number of hydrogen-bond acceptors (Lipinski definition) is 4. The molecule has 0 aliphatic heterocycles. The van der Waals surface area contributed by atoms with Gasteiger partial charge in [0.15, 0.2) is 0 Å². The Kier molecular flexibility index (Phi) is 8.27. The number of rotatable bonds is 8. The van der Waals surface area contributed by atoms with Gasteiger partial charge in [0.05, 0.1) is 12.7 Å². The number of carbonyl (C=O) groups is 1. The van der Waals surface area contributed by atoms with E-state index in [0.29, 0.717) is 19.7 Å². The van der Waals surface area contributed by atoms with Crippen molar-refractivity contribution in [1.82, 2.24) is 4.90 Å². The van der Waals surface area contributed by atoms with E-state index in [1.54, 1.807) is 4.90 Å². The molecule has 0 saturated heterocycles. The first-order valence-corrected chi connectivity index (χ1v) is 5.18. The van der Waals surface area contributed by atoms with E-state index >= 15 is 0 Å². The van der Waals surface area contributed by atoms with Crippen LogP contribution in [0.15, 0.2) is 0 Å². The highest BCUT2D eigenvalue weighted by molar-refractivity contribution is 5.77. The van der Waals surface area contributed by atoms with E-state index in [4.69, 9.17) is 9.47 Å². The zero-order valence-electron chi connectivity index (χ0n) is 9.73. The van der Waals surface area contributed by atoms with Crippen LogP contribution in [0.2, 0.25) is 0 Å². The van der Waals surface area contributed by atoms with Crippen LogP contribution in [0.4, 0.5) is 0 Å². The second-order valence-electron chi connectivity index (χ2n) is 3.18. The number of nitrogens with zero attached hydrogens (tertiary/aromatic N) is 1. The Morgan fingerprint density at radius 3 is 2.60 bits per heavy atom. The molecule has 0 radical (unpaired) electrons. The van der Waals surface area contributed by atoms with Crippen molar-refractivity contribution < 1.29 is 19.4 Å². The lowest BCUT2D eigenvalue weighted by Gasteiger charge is -2.23. The van der Waals surface area contributed by atoms with Gasteiger partial charge in [-0.25, -0.2) is 0 Å². The second-order valence-corrected chi connectivity index (χ2v) is 3.18. The third kappa shape index (κ3) is 6.43. The van der Waals surface area contributed by atoms with Gasteiger partial charge in [0, 0.05) is 26.8 Å². The van der Waals surface area contributed by atoms with E-state index in [0.717, 1.165) is 0 Å². The van der Waals surface area contributed by atoms with Crippen LogP contribution in [0, 0.1) is 0 Å². The van der Waals surface area contributed by atoms with Crippen LogP contribution in [0.1, 0.15) is 13.8 Å². The summed E-state index contributed by atoms with van der Waals surface area (Å²) in [7, 11) is 1.47. The summed E-state index contributed by atoms with van der Waals surface area (Å²) in [4.78, 5) is 13.0. The predicted octanol–water partition coefficient (Wildman–Crippen LogP) is -0.121. The molecule has 0 aromatic rings. The monoisotopic (exact) mass is 219 g/mol. The largest absolute Gasteiger partial charge is 0.389 e. The smallest absolute Gasteiger partial charge is 0.248 e. The summed E-state index contributed by atoms with van der Waals surface area (Å²) in [5.41, 5.74) is 0. The number of aliphatic hydroxyl groups is 1. The van der Waals surface area contributed by atoms with Crippen LogP contribution in [0.25, 0.3) is 0 Å². The summed E-state index contributed by atoms with van der Waals surface area (Å²) in [6.07, 6.45) is -0.634. The molecular weight excluding hydrogens is 198 g/mol. The minimum absolute atomic E-state index is 0.0508. The van der Waals surface area contributed by atoms with Gasteiger partial charge in [0.25, 0.3) is 0 Å².